The number of aromatic nitrogens is 3. The lowest BCUT2D eigenvalue weighted by Crippen LogP contribution is -2.46. The number of amides is 1. The van der Waals surface area contributed by atoms with Crippen LogP contribution in [0, 0.1) is 0 Å². The van der Waals surface area contributed by atoms with Crippen LogP contribution in [-0.2, 0) is 17.3 Å². The van der Waals surface area contributed by atoms with E-state index in [0.29, 0.717) is 49.4 Å². The lowest BCUT2D eigenvalue weighted by Gasteiger charge is -2.30. The molecule has 3 aliphatic rings. The molecule has 1 aliphatic carbocycles. The monoisotopic (exact) mass is 478 g/mol. The van der Waals surface area contributed by atoms with Crippen molar-refractivity contribution in [3.63, 3.8) is 0 Å². The first-order valence-corrected chi connectivity index (χ1v) is 11.7. The summed E-state index contributed by atoms with van der Waals surface area (Å²) < 4.78 is 46.8. The van der Waals surface area contributed by atoms with E-state index in [1.807, 2.05) is 0 Å². The van der Waals surface area contributed by atoms with Gasteiger partial charge in [0, 0.05) is 56.3 Å². The van der Waals surface area contributed by atoms with Crippen molar-refractivity contribution in [3.8, 4) is 11.3 Å². The van der Waals surface area contributed by atoms with Gasteiger partial charge in [-0.1, -0.05) is 0 Å². The van der Waals surface area contributed by atoms with Crippen molar-refractivity contribution in [2.24, 2.45) is 0 Å². The molecule has 34 heavy (non-hydrogen) atoms. The second-order valence-corrected chi connectivity index (χ2v) is 9.44. The van der Waals surface area contributed by atoms with Crippen LogP contribution >= 0.6 is 0 Å². The Balaban J connectivity index is 1.45. The first-order chi connectivity index (χ1) is 16.3. The highest BCUT2D eigenvalue weighted by molar-refractivity contribution is 5.96. The summed E-state index contributed by atoms with van der Waals surface area (Å²) in [7, 11) is 1.56. The molecule has 184 valence electrons. The third-order valence-corrected chi connectivity index (χ3v) is 7.14. The van der Waals surface area contributed by atoms with Crippen LogP contribution in [0.4, 0.5) is 19.1 Å². The zero-order valence-corrected chi connectivity index (χ0v) is 19.1. The van der Waals surface area contributed by atoms with E-state index in [1.165, 1.54) is 19.0 Å². The van der Waals surface area contributed by atoms with Crippen LogP contribution in [0.3, 0.4) is 0 Å². The summed E-state index contributed by atoms with van der Waals surface area (Å²) in [4.78, 5) is 25.9. The van der Waals surface area contributed by atoms with Crippen molar-refractivity contribution >= 4 is 11.9 Å². The molecule has 0 radical (unpaired) electrons. The molecule has 5 rings (SSSR count). The molecule has 2 aromatic heterocycles. The van der Waals surface area contributed by atoms with Crippen LogP contribution in [0.25, 0.3) is 11.3 Å². The number of hydrogen-bond acceptors (Lipinski definition) is 6. The number of piperidine rings is 1. The minimum atomic E-state index is -4.62. The molecule has 1 unspecified atom stereocenters. The number of aromatic amines is 1. The van der Waals surface area contributed by atoms with Crippen LogP contribution < -0.4 is 10.6 Å². The molecular formula is C23H29F3N6O2. The maximum absolute atomic E-state index is 13.9. The van der Waals surface area contributed by atoms with Crippen LogP contribution in [0.2, 0.25) is 0 Å². The Morgan fingerprint density at radius 1 is 1.32 bits per heavy atom. The fourth-order valence-corrected chi connectivity index (χ4v) is 4.96. The van der Waals surface area contributed by atoms with Crippen molar-refractivity contribution in [2.45, 2.75) is 56.3 Å². The van der Waals surface area contributed by atoms with E-state index in [4.69, 9.17) is 4.74 Å². The molecule has 2 aliphatic heterocycles. The van der Waals surface area contributed by atoms with Crippen molar-refractivity contribution in [1.82, 2.24) is 25.2 Å². The average Bonchev–Trinajstić information content (AvgIpc) is 3.47. The van der Waals surface area contributed by atoms with Gasteiger partial charge in [-0.3, -0.25) is 4.79 Å². The Morgan fingerprint density at radius 3 is 2.82 bits per heavy atom. The van der Waals surface area contributed by atoms with Gasteiger partial charge in [0.25, 0.3) is 5.91 Å². The molecule has 0 aromatic carbocycles. The Labute approximate surface area is 195 Å². The van der Waals surface area contributed by atoms with Gasteiger partial charge in [0.05, 0.1) is 12.3 Å². The van der Waals surface area contributed by atoms with Gasteiger partial charge in [0.15, 0.2) is 0 Å². The lowest BCUT2D eigenvalue weighted by molar-refractivity contribution is -0.137. The fraction of sp³-hybridized carbons (Fsp3) is 0.609. The molecule has 1 atom stereocenters. The van der Waals surface area contributed by atoms with Gasteiger partial charge in [0.1, 0.15) is 11.3 Å². The quantitative estimate of drug-likeness (QED) is 0.590. The molecule has 1 saturated carbocycles. The fourth-order valence-electron chi connectivity index (χ4n) is 4.96. The Bertz CT molecular complexity index is 1060. The maximum atomic E-state index is 13.9. The van der Waals surface area contributed by atoms with E-state index >= 15 is 0 Å². The summed E-state index contributed by atoms with van der Waals surface area (Å²) in [5.74, 6) is -0.0720. The molecule has 1 amide bonds. The first kappa shape index (κ1) is 23.1. The van der Waals surface area contributed by atoms with E-state index in [1.54, 1.807) is 12.0 Å². The molecular weight excluding hydrogens is 449 g/mol. The Kier molecular flexibility index (Phi) is 6.01. The van der Waals surface area contributed by atoms with Crippen molar-refractivity contribution in [3.05, 3.63) is 29.2 Å². The summed E-state index contributed by atoms with van der Waals surface area (Å²) in [6.07, 6.45) is 3.10. The number of hydrogen-bond donors (Lipinski definition) is 3. The molecule has 11 heteroatoms. The summed E-state index contributed by atoms with van der Waals surface area (Å²) in [6, 6.07) is 0.0510. The second kappa shape index (κ2) is 8.84. The van der Waals surface area contributed by atoms with E-state index in [2.05, 4.69) is 25.6 Å². The number of rotatable bonds is 6. The van der Waals surface area contributed by atoms with Crippen molar-refractivity contribution in [1.29, 1.82) is 0 Å². The van der Waals surface area contributed by atoms with E-state index in [9.17, 15) is 18.0 Å². The molecule has 1 spiro atoms. The highest BCUT2D eigenvalue weighted by Gasteiger charge is 2.45. The highest BCUT2D eigenvalue weighted by atomic mass is 19.4. The summed E-state index contributed by atoms with van der Waals surface area (Å²) >= 11 is 0. The predicted octanol–water partition coefficient (Wildman–Crippen LogP) is 3.22. The third-order valence-electron chi connectivity index (χ3n) is 7.14. The van der Waals surface area contributed by atoms with Crippen molar-refractivity contribution in [2.75, 3.05) is 38.7 Å². The number of carbonyl (C=O) groups is 1. The summed E-state index contributed by atoms with van der Waals surface area (Å²) in [6.45, 7) is 2.06. The smallest absolute Gasteiger partial charge is 0.383 e. The number of nitrogens with zero attached hydrogens (tertiary/aromatic N) is 3. The Morgan fingerprint density at radius 2 is 2.15 bits per heavy atom. The van der Waals surface area contributed by atoms with Crippen LogP contribution in [0.15, 0.2) is 12.4 Å². The number of H-pyrrole nitrogens is 1. The number of anilines is 1. The lowest BCUT2D eigenvalue weighted by atomic mass is 9.99. The normalized spacial score (nSPS) is 21.9. The largest absolute Gasteiger partial charge is 0.419 e. The second-order valence-electron chi connectivity index (χ2n) is 9.44. The van der Waals surface area contributed by atoms with Crippen molar-refractivity contribution < 1.29 is 22.7 Å². The van der Waals surface area contributed by atoms with E-state index < -0.39 is 11.7 Å². The molecule has 0 bridgehead atoms. The minimum absolute atomic E-state index is 0.0510. The van der Waals surface area contributed by atoms with Gasteiger partial charge >= 0.3 is 6.18 Å². The Hall–Kier alpha value is -2.66. The molecule has 4 heterocycles. The average molecular weight is 479 g/mol. The number of nitrogens with one attached hydrogen (secondary N) is 3. The number of methoxy groups -OCH3 is 1. The predicted molar refractivity (Wildman–Crippen MR) is 120 cm³/mol. The summed E-state index contributed by atoms with van der Waals surface area (Å²) in [5.41, 5.74) is 0.339. The highest BCUT2D eigenvalue weighted by Crippen LogP contribution is 2.42. The maximum Gasteiger partial charge on any atom is 0.419 e. The number of fused-ring (bicyclic) bond motifs is 1. The van der Waals surface area contributed by atoms with Gasteiger partial charge in [-0.15, -0.1) is 0 Å². The molecule has 2 aromatic rings. The van der Waals surface area contributed by atoms with Gasteiger partial charge in [-0.05, 0) is 44.1 Å². The molecule has 3 N–H and O–H groups in total. The van der Waals surface area contributed by atoms with Crippen LogP contribution in [0.1, 0.15) is 53.7 Å². The number of ether oxygens (including phenoxy) is 1. The van der Waals surface area contributed by atoms with Gasteiger partial charge in [0.2, 0.25) is 5.95 Å². The molecule has 8 nitrogen and oxygen atoms in total. The van der Waals surface area contributed by atoms with Gasteiger partial charge in [-0.2, -0.15) is 13.2 Å². The topological polar surface area (TPSA) is 95.2 Å². The number of halogens is 3. The number of alkyl halides is 3. The van der Waals surface area contributed by atoms with E-state index in [0.717, 1.165) is 25.6 Å². The van der Waals surface area contributed by atoms with Gasteiger partial charge < -0.3 is 25.3 Å². The van der Waals surface area contributed by atoms with Gasteiger partial charge in [-0.25, -0.2) is 9.97 Å². The zero-order valence-electron chi connectivity index (χ0n) is 19.1. The van der Waals surface area contributed by atoms with Crippen LogP contribution in [0.5, 0.6) is 0 Å². The van der Waals surface area contributed by atoms with E-state index in [-0.39, 0.29) is 29.1 Å². The van der Waals surface area contributed by atoms with Crippen LogP contribution in [-0.4, -0.2) is 70.7 Å². The SMILES string of the molecule is COCCN1CCCc2c(-c3nc(NC4CCC5(CC5)NC4)ncc3C(F)(F)F)c[nH]c2C1=O. The third kappa shape index (κ3) is 4.50. The molecule has 2 fully saturated rings. The minimum Gasteiger partial charge on any atom is -0.383 e. The number of carbonyl (C=O) groups excluding carboxylic acids is 1. The zero-order chi connectivity index (χ0) is 23.9. The summed E-state index contributed by atoms with van der Waals surface area (Å²) in [5, 5.41) is 6.74. The standard InChI is InChI=1S/C23H29F3N6O2/c1-34-10-9-32-8-2-3-15-16(12-27-19(15)20(32)33)18-17(23(24,25)26)13-28-21(31-18)30-14-4-5-22(6-7-22)29-11-14/h12-14,27,29H,2-11H2,1H3,(H,28,30,31). The first-order valence-electron chi connectivity index (χ1n) is 11.7. The molecule has 1 saturated heterocycles.